The van der Waals surface area contributed by atoms with E-state index in [1.54, 1.807) is 42.5 Å². The van der Waals surface area contributed by atoms with E-state index in [1.807, 2.05) is 37.3 Å². The molecule has 0 spiro atoms. The molecule has 4 aromatic rings. The molecule has 0 saturated carbocycles. The zero-order valence-electron chi connectivity index (χ0n) is 21.0. The number of H-pyrrole nitrogens is 1. The maximum atomic E-state index is 13.4. The first-order chi connectivity index (χ1) is 18.7. The van der Waals surface area contributed by atoms with Gasteiger partial charge in [0, 0.05) is 6.07 Å². The van der Waals surface area contributed by atoms with E-state index in [0.717, 1.165) is 11.1 Å². The number of nitrogens with zero attached hydrogens (tertiary/aromatic N) is 5. The molecule has 200 valence electrons. The van der Waals surface area contributed by atoms with Gasteiger partial charge in [-0.05, 0) is 42.8 Å². The van der Waals surface area contributed by atoms with E-state index in [-0.39, 0.29) is 23.7 Å². The van der Waals surface area contributed by atoms with Crippen molar-refractivity contribution in [2.75, 3.05) is 13.2 Å². The van der Waals surface area contributed by atoms with Gasteiger partial charge in [0.25, 0.3) is 0 Å². The number of rotatable bonds is 9. The average Bonchev–Trinajstić information content (AvgIpc) is 2.95. The highest BCUT2D eigenvalue weighted by molar-refractivity contribution is 5.42. The summed E-state index contributed by atoms with van der Waals surface area (Å²) in [7, 11) is 0. The Hall–Kier alpha value is -4.83. The summed E-state index contributed by atoms with van der Waals surface area (Å²) in [4.78, 5) is 37.3. The first-order valence-electron chi connectivity index (χ1n) is 11.9. The normalized spacial score (nSPS) is 11.8. The van der Waals surface area contributed by atoms with Crippen LogP contribution in [0.5, 0.6) is 11.6 Å². The molecule has 0 bridgehead atoms. The molecule has 4 N–H and O–H groups in total. The van der Waals surface area contributed by atoms with Gasteiger partial charge in [-0.15, -0.1) is 0 Å². The fourth-order valence-corrected chi connectivity index (χ4v) is 3.61. The van der Waals surface area contributed by atoms with E-state index >= 15 is 0 Å². The second kappa shape index (κ2) is 11.7. The smallest absolute Gasteiger partial charge is 0.335 e. The van der Waals surface area contributed by atoms with Crippen LogP contribution in [0.2, 0.25) is 0 Å². The molecule has 0 saturated heterocycles. The SMILES string of the molecule is Cc1ccc(Cn2c(=O)n(CC(O)(CO)CO)c(=O)[nH]/c2=N\c2ccc(Oc3cccc(C#N)n3)cc2)cc1. The van der Waals surface area contributed by atoms with Crippen LogP contribution in [0.1, 0.15) is 16.8 Å². The van der Waals surface area contributed by atoms with Gasteiger partial charge in [-0.2, -0.15) is 5.26 Å². The predicted octanol–water partition coefficient (Wildman–Crippen LogP) is 0.702. The van der Waals surface area contributed by atoms with Crippen molar-refractivity contribution >= 4 is 5.69 Å². The molecule has 2 heterocycles. The van der Waals surface area contributed by atoms with Gasteiger partial charge in [-0.25, -0.2) is 24.1 Å². The molecule has 4 rings (SSSR count). The van der Waals surface area contributed by atoms with Gasteiger partial charge in [0.05, 0.1) is 32.0 Å². The monoisotopic (exact) mass is 530 g/mol. The summed E-state index contributed by atoms with van der Waals surface area (Å²) in [6.45, 7) is -0.365. The summed E-state index contributed by atoms with van der Waals surface area (Å²) in [5.41, 5.74) is -1.39. The van der Waals surface area contributed by atoms with Crippen LogP contribution in [0.25, 0.3) is 0 Å². The van der Waals surface area contributed by atoms with Crippen LogP contribution in [0.15, 0.2) is 81.3 Å². The van der Waals surface area contributed by atoms with E-state index in [9.17, 15) is 24.9 Å². The lowest BCUT2D eigenvalue weighted by Crippen LogP contribution is -2.55. The van der Waals surface area contributed by atoms with Gasteiger partial charge in [0.1, 0.15) is 23.1 Å². The van der Waals surface area contributed by atoms with Gasteiger partial charge in [-0.3, -0.25) is 9.55 Å². The lowest BCUT2D eigenvalue weighted by Gasteiger charge is -2.23. The first kappa shape index (κ1) is 27.2. The van der Waals surface area contributed by atoms with Crippen molar-refractivity contribution in [2.24, 2.45) is 4.99 Å². The van der Waals surface area contributed by atoms with E-state index in [2.05, 4.69) is 15.0 Å². The number of aliphatic hydroxyl groups is 3. The fraction of sp³-hybridized carbons (Fsp3) is 0.222. The van der Waals surface area contributed by atoms with E-state index < -0.39 is 36.7 Å². The molecule has 0 aliphatic rings. The van der Waals surface area contributed by atoms with Gasteiger partial charge in [0.2, 0.25) is 11.5 Å². The number of nitriles is 1. The minimum absolute atomic E-state index is 0.0459. The number of aromatic nitrogens is 4. The van der Waals surface area contributed by atoms with Crippen LogP contribution in [0.3, 0.4) is 0 Å². The highest BCUT2D eigenvalue weighted by Crippen LogP contribution is 2.22. The first-order valence-corrected chi connectivity index (χ1v) is 11.9. The zero-order valence-corrected chi connectivity index (χ0v) is 21.0. The number of pyridine rings is 1. The van der Waals surface area contributed by atoms with Gasteiger partial charge in [-0.1, -0.05) is 35.9 Å². The Bertz CT molecular complexity index is 1680. The number of ether oxygens (including phenoxy) is 1. The van der Waals surface area contributed by atoms with Crippen LogP contribution in [-0.2, 0) is 13.1 Å². The summed E-state index contributed by atoms with van der Waals surface area (Å²) in [6.07, 6.45) is 0. The van der Waals surface area contributed by atoms with Crippen molar-refractivity contribution in [3.05, 3.63) is 110 Å². The molecule has 12 heteroatoms. The lowest BCUT2D eigenvalue weighted by atomic mass is 10.1. The molecular weight excluding hydrogens is 504 g/mol. The second-order valence-corrected chi connectivity index (χ2v) is 8.92. The molecule has 0 aliphatic heterocycles. The summed E-state index contributed by atoms with van der Waals surface area (Å²) in [5.74, 6) is 0.675. The Kier molecular flexibility index (Phi) is 8.16. The standard InChI is InChI=1S/C27H26N6O6/c1-18-5-7-19(8-6-18)14-32-24(31-25(36)33(26(32)37)15-27(38,16-34)17-35)30-20-9-11-22(12-10-20)39-23-4-2-3-21(13-28)29-23/h2-12,34-35,38H,14-17H2,1H3,(H,30,31,36). The van der Waals surface area contributed by atoms with Crippen molar-refractivity contribution in [1.82, 2.24) is 19.1 Å². The summed E-state index contributed by atoms with van der Waals surface area (Å²) in [5, 5.41) is 38.3. The zero-order chi connectivity index (χ0) is 28.0. The van der Waals surface area contributed by atoms with Crippen molar-refractivity contribution in [3.8, 4) is 17.7 Å². The molecular formula is C27H26N6O6. The minimum atomic E-state index is -2.07. The number of aromatic amines is 1. The molecule has 2 aromatic carbocycles. The Morgan fingerprint density at radius 3 is 2.36 bits per heavy atom. The molecule has 0 atom stereocenters. The summed E-state index contributed by atoms with van der Waals surface area (Å²) in [6, 6.07) is 20.7. The second-order valence-electron chi connectivity index (χ2n) is 8.92. The number of benzene rings is 2. The predicted molar refractivity (Wildman–Crippen MR) is 139 cm³/mol. The highest BCUT2D eigenvalue weighted by atomic mass is 16.5. The minimum Gasteiger partial charge on any atom is -0.439 e. The third kappa shape index (κ3) is 6.55. The van der Waals surface area contributed by atoms with E-state index in [1.165, 1.54) is 4.57 Å². The quantitative estimate of drug-likeness (QED) is 0.244. The Labute approximate surface area is 222 Å². The molecule has 12 nitrogen and oxygen atoms in total. The molecule has 2 aromatic heterocycles. The Balaban J connectivity index is 1.74. The Morgan fingerprint density at radius 1 is 1.03 bits per heavy atom. The number of nitrogens with one attached hydrogen (secondary N) is 1. The number of aryl methyl sites for hydroxylation is 1. The van der Waals surface area contributed by atoms with Crippen LogP contribution in [0.4, 0.5) is 5.69 Å². The Morgan fingerprint density at radius 2 is 1.72 bits per heavy atom. The van der Waals surface area contributed by atoms with Crippen LogP contribution >= 0.6 is 0 Å². The van der Waals surface area contributed by atoms with Crippen LogP contribution in [-0.4, -0.2) is 53.2 Å². The highest BCUT2D eigenvalue weighted by Gasteiger charge is 2.28. The van der Waals surface area contributed by atoms with Crippen molar-refractivity contribution in [1.29, 1.82) is 5.26 Å². The van der Waals surface area contributed by atoms with E-state index in [0.29, 0.717) is 16.0 Å². The number of hydrogen-bond acceptors (Lipinski definition) is 9. The van der Waals surface area contributed by atoms with Crippen molar-refractivity contribution < 1.29 is 20.1 Å². The molecule has 0 amide bonds. The fourth-order valence-electron chi connectivity index (χ4n) is 3.61. The third-order valence-corrected chi connectivity index (χ3v) is 5.82. The van der Waals surface area contributed by atoms with Crippen LogP contribution in [0, 0.1) is 18.3 Å². The van der Waals surface area contributed by atoms with Gasteiger partial charge in [0.15, 0.2) is 0 Å². The maximum absolute atomic E-state index is 13.4. The molecule has 0 fully saturated rings. The molecule has 39 heavy (non-hydrogen) atoms. The largest absolute Gasteiger partial charge is 0.439 e. The average molecular weight is 531 g/mol. The third-order valence-electron chi connectivity index (χ3n) is 5.82. The van der Waals surface area contributed by atoms with Crippen molar-refractivity contribution in [2.45, 2.75) is 25.6 Å². The summed E-state index contributed by atoms with van der Waals surface area (Å²) < 4.78 is 7.61. The summed E-state index contributed by atoms with van der Waals surface area (Å²) >= 11 is 0. The maximum Gasteiger partial charge on any atom is 0.335 e. The number of hydrogen-bond donors (Lipinski definition) is 4. The molecule has 0 radical (unpaired) electrons. The molecule has 0 aliphatic carbocycles. The lowest BCUT2D eigenvalue weighted by molar-refractivity contribution is -0.0676. The van der Waals surface area contributed by atoms with E-state index in [4.69, 9.17) is 10.00 Å². The topological polar surface area (TPSA) is 179 Å². The van der Waals surface area contributed by atoms with Crippen LogP contribution < -0.4 is 21.7 Å². The van der Waals surface area contributed by atoms with Gasteiger partial charge < -0.3 is 20.1 Å². The number of aliphatic hydroxyl groups excluding tert-OH is 2. The van der Waals surface area contributed by atoms with Gasteiger partial charge >= 0.3 is 11.4 Å². The van der Waals surface area contributed by atoms with Crippen molar-refractivity contribution in [3.63, 3.8) is 0 Å². The molecule has 0 unspecified atom stereocenters.